The van der Waals surface area contributed by atoms with Crippen molar-refractivity contribution in [1.29, 1.82) is 0 Å². The van der Waals surface area contributed by atoms with Gasteiger partial charge >= 0.3 is 0 Å². The highest BCUT2D eigenvalue weighted by Crippen LogP contribution is 2.17. The molecule has 1 aliphatic heterocycles. The van der Waals surface area contributed by atoms with Crippen molar-refractivity contribution < 1.29 is 9.59 Å². The number of amides is 2. The largest absolute Gasteiger partial charge is 0.352 e. The lowest BCUT2D eigenvalue weighted by molar-refractivity contribution is -0.135. The van der Waals surface area contributed by atoms with E-state index in [4.69, 9.17) is 5.73 Å². The van der Waals surface area contributed by atoms with Gasteiger partial charge in [0.1, 0.15) is 0 Å². The van der Waals surface area contributed by atoms with E-state index in [9.17, 15) is 9.59 Å². The molecule has 1 aliphatic rings. The van der Waals surface area contributed by atoms with Gasteiger partial charge in [0.25, 0.3) is 0 Å². The molecular formula is C13H25N3O2. The molecule has 3 N–H and O–H groups in total. The molecule has 0 aromatic carbocycles. The smallest absolute Gasteiger partial charge is 0.227 e. The van der Waals surface area contributed by atoms with Crippen molar-refractivity contribution in [3.63, 3.8) is 0 Å². The molecule has 0 radical (unpaired) electrons. The quantitative estimate of drug-likeness (QED) is 0.744. The minimum absolute atomic E-state index is 0.0353. The van der Waals surface area contributed by atoms with Crippen LogP contribution in [0.15, 0.2) is 0 Å². The maximum Gasteiger partial charge on any atom is 0.227 e. The van der Waals surface area contributed by atoms with E-state index in [2.05, 4.69) is 19.2 Å². The van der Waals surface area contributed by atoms with E-state index >= 15 is 0 Å². The molecule has 0 aromatic rings. The Morgan fingerprint density at radius 2 is 2.11 bits per heavy atom. The van der Waals surface area contributed by atoms with Gasteiger partial charge in [-0.1, -0.05) is 13.8 Å². The Kier molecular flexibility index (Phi) is 5.59. The molecule has 2 atom stereocenters. The van der Waals surface area contributed by atoms with E-state index in [0.29, 0.717) is 19.0 Å². The lowest BCUT2D eigenvalue weighted by Crippen LogP contribution is -2.41. The van der Waals surface area contributed by atoms with Crippen molar-refractivity contribution >= 4 is 11.8 Å². The summed E-state index contributed by atoms with van der Waals surface area (Å²) in [6, 6.07) is 0.101. The second-order valence-corrected chi connectivity index (χ2v) is 5.53. The summed E-state index contributed by atoms with van der Waals surface area (Å²) in [5.41, 5.74) is 5.69. The summed E-state index contributed by atoms with van der Waals surface area (Å²) in [7, 11) is 0. The summed E-state index contributed by atoms with van der Waals surface area (Å²) in [6.45, 7) is 7.44. The Bertz CT molecular complexity index is 305. The van der Waals surface area contributed by atoms with Crippen LogP contribution in [-0.2, 0) is 9.59 Å². The van der Waals surface area contributed by atoms with Gasteiger partial charge in [-0.2, -0.15) is 0 Å². The fourth-order valence-corrected chi connectivity index (χ4v) is 2.49. The number of hydrogen-bond donors (Lipinski definition) is 2. The van der Waals surface area contributed by atoms with E-state index in [1.54, 1.807) is 0 Å². The number of nitrogens with one attached hydrogen (secondary N) is 1. The Balaban J connectivity index is 2.49. The van der Waals surface area contributed by atoms with Gasteiger partial charge in [0.2, 0.25) is 11.8 Å². The molecule has 5 nitrogen and oxygen atoms in total. The van der Waals surface area contributed by atoms with Crippen LogP contribution in [0.3, 0.4) is 0 Å². The van der Waals surface area contributed by atoms with Gasteiger partial charge in [-0.15, -0.1) is 0 Å². The molecule has 2 unspecified atom stereocenters. The minimum Gasteiger partial charge on any atom is -0.352 e. The normalized spacial score (nSPS) is 21.2. The molecule has 0 spiro atoms. The monoisotopic (exact) mass is 255 g/mol. The molecule has 1 rings (SSSR count). The van der Waals surface area contributed by atoms with Crippen molar-refractivity contribution in [2.75, 3.05) is 19.6 Å². The van der Waals surface area contributed by atoms with Crippen molar-refractivity contribution in [3.05, 3.63) is 0 Å². The molecule has 1 saturated heterocycles. The number of carbonyl (C=O) groups excluding carboxylic acids is 2. The molecular weight excluding hydrogens is 230 g/mol. The third-order valence-corrected chi connectivity index (χ3v) is 3.30. The highest BCUT2D eigenvalue weighted by molar-refractivity contribution is 5.79. The van der Waals surface area contributed by atoms with Crippen LogP contribution in [0, 0.1) is 11.8 Å². The van der Waals surface area contributed by atoms with Crippen molar-refractivity contribution in [3.8, 4) is 0 Å². The standard InChI is InChI=1S/C13H25N3O2/c1-9(2)6-11(7-14)13(18)16-5-4-12(8-16)15-10(3)17/h9,11-12H,4-8,14H2,1-3H3,(H,15,17). The molecule has 104 valence electrons. The highest BCUT2D eigenvalue weighted by Gasteiger charge is 2.30. The Hall–Kier alpha value is -1.10. The van der Waals surface area contributed by atoms with Crippen LogP contribution >= 0.6 is 0 Å². The molecule has 0 aromatic heterocycles. The van der Waals surface area contributed by atoms with E-state index in [1.165, 1.54) is 6.92 Å². The maximum absolute atomic E-state index is 12.3. The van der Waals surface area contributed by atoms with Gasteiger partial charge in [-0.25, -0.2) is 0 Å². The first kappa shape index (κ1) is 15.0. The average Bonchev–Trinajstić information content (AvgIpc) is 2.72. The van der Waals surface area contributed by atoms with Gasteiger partial charge < -0.3 is 16.0 Å². The predicted molar refractivity (Wildman–Crippen MR) is 70.8 cm³/mol. The fourth-order valence-electron chi connectivity index (χ4n) is 2.49. The van der Waals surface area contributed by atoms with Crippen LogP contribution in [0.1, 0.15) is 33.6 Å². The summed E-state index contributed by atoms with van der Waals surface area (Å²) < 4.78 is 0. The van der Waals surface area contributed by atoms with Crippen LogP contribution in [0.4, 0.5) is 0 Å². The van der Waals surface area contributed by atoms with Gasteiger partial charge in [0.15, 0.2) is 0 Å². The summed E-state index contributed by atoms with van der Waals surface area (Å²) >= 11 is 0. The van der Waals surface area contributed by atoms with Crippen LogP contribution in [0.5, 0.6) is 0 Å². The van der Waals surface area contributed by atoms with Gasteiger partial charge in [-0.05, 0) is 18.8 Å². The lowest BCUT2D eigenvalue weighted by Gasteiger charge is -2.23. The van der Waals surface area contributed by atoms with Gasteiger partial charge in [0, 0.05) is 32.6 Å². The van der Waals surface area contributed by atoms with Crippen LogP contribution in [0.25, 0.3) is 0 Å². The zero-order valence-electron chi connectivity index (χ0n) is 11.6. The van der Waals surface area contributed by atoms with Crippen LogP contribution in [0.2, 0.25) is 0 Å². The van der Waals surface area contributed by atoms with Gasteiger partial charge in [-0.3, -0.25) is 9.59 Å². The van der Waals surface area contributed by atoms with Crippen LogP contribution < -0.4 is 11.1 Å². The number of nitrogens with zero attached hydrogens (tertiary/aromatic N) is 1. The van der Waals surface area contributed by atoms with E-state index < -0.39 is 0 Å². The summed E-state index contributed by atoms with van der Waals surface area (Å²) in [5.74, 6) is 0.489. The van der Waals surface area contributed by atoms with Crippen molar-refractivity contribution in [2.24, 2.45) is 17.6 Å². The molecule has 1 heterocycles. The zero-order chi connectivity index (χ0) is 13.7. The molecule has 1 fully saturated rings. The molecule has 0 bridgehead atoms. The Morgan fingerprint density at radius 1 is 1.44 bits per heavy atom. The van der Waals surface area contributed by atoms with Crippen LogP contribution in [-0.4, -0.2) is 42.4 Å². The second kappa shape index (κ2) is 6.73. The lowest BCUT2D eigenvalue weighted by atomic mass is 9.96. The first-order chi connectivity index (χ1) is 8.43. The minimum atomic E-state index is -0.0823. The highest BCUT2D eigenvalue weighted by atomic mass is 16.2. The Labute approximate surface area is 109 Å². The van der Waals surface area contributed by atoms with E-state index in [1.807, 2.05) is 4.90 Å². The predicted octanol–water partition coefficient (Wildman–Crippen LogP) is 0.344. The maximum atomic E-state index is 12.3. The van der Waals surface area contributed by atoms with Crippen molar-refractivity contribution in [1.82, 2.24) is 10.2 Å². The number of hydrogen-bond acceptors (Lipinski definition) is 3. The van der Waals surface area contributed by atoms with E-state index in [0.717, 1.165) is 19.4 Å². The summed E-state index contributed by atoms with van der Waals surface area (Å²) in [6.07, 6.45) is 1.67. The molecule has 5 heteroatoms. The molecule has 0 saturated carbocycles. The number of carbonyl (C=O) groups is 2. The van der Waals surface area contributed by atoms with E-state index in [-0.39, 0.29) is 23.8 Å². The number of nitrogens with two attached hydrogens (primary N) is 1. The number of rotatable bonds is 5. The first-order valence-corrected chi connectivity index (χ1v) is 6.70. The molecule has 18 heavy (non-hydrogen) atoms. The summed E-state index contributed by atoms with van der Waals surface area (Å²) in [5, 5.41) is 2.86. The molecule has 0 aliphatic carbocycles. The topological polar surface area (TPSA) is 75.4 Å². The third kappa shape index (κ3) is 4.29. The summed E-state index contributed by atoms with van der Waals surface area (Å²) in [4.78, 5) is 25.1. The SMILES string of the molecule is CC(=O)NC1CCN(C(=O)C(CN)CC(C)C)C1. The first-order valence-electron chi connectivity index (χ1n) is 6.70. The number of likely N-dealkylation sites (tertiary alicyclic amines) is 1. The molecule has 2 amide bonds. The average molecular weight is 255 g/mol. The zero-order valence-corrected chi connectivity index (χ0v) is 11.6. The van der Waals surface area contributed by atoms with Gasteiger partial charge in [0.05, 0.1) is 5.92 Å². The Morgan fingerprint density at radius 3 is 2.61 bits per heavy atom. The fraction of sp³-hybridized carbons (Fsp3) is 0.846. The third-order valence-electron chi connectivity index (χ3n) is 3.30. The van der Waals surface area contributed by atoms with Crippen molar-refractivity contribution in [2.45, 2.75) is 39.7 Å². The second-order valence-electron chi connectivity index (χ2n) is 5.53.